The Kier molecular flexibility index (Phi) is 44.4. The molecule has 0 radical (unpaired) electrons. The molecule has 66 heteroatoms. The molecule has 66 nitrogen and oxygen atoms in total. The van der Waals surface area contributed by atoms with Gasteiger partial charge in [0.2, 0.25) is 35.4 Å². The van der Waals surface area contributed by atoms with Gasteiger partial charge in [0.15, 0.2) is 75.5 Å². The maximum absolute atomic E-state index is 13.8. The molecule has 12 fully saturated rings. The molecule has 0 aromatic heterocycles. The van der Waals surface area contributed by atoms with Gasteiger partial charge in [-0.3, -0.25) is 28.8 Å². The third-order valence-corrected chi connectivity index (χ3v) is 27.4. The van der Waals surface area contributed by atoms with Crippen molar-refractivity contribution < 1.29 is 296 Å². The molecule has 0 bridgehead atoms. The zero-order valence-corrected chi connectivity index (χ0v) is 81.1. The highest BCUT2D eigenvalue weighted by Crippen LogP contribution is 2.44. The smallest absolute Gasteiger partial charge is 0.217 e. The lowest BCUT2D eigenvalue weighted by atomic mass is 9.93. The van der Waals surface area contributed by atoms with Crippen molar-refractivity contribution in [2.24, 2.45) is 0 Å². The van der Waals surface area contributed by atoms with Crippen LogP contribution in [0.15, 0.2) is 0 Å². The Labute approximate surface area is 849 Å². The molecule has 12 saturated heterocycles. The highest BCUT2D eigenvalue weighted by Gasteiger charge is 2.65. The average Bonchev–Trinajstić information content (AvgIpc) is 0.704. The van der Waals surface area contributed by atoms with E-state index in [1.54, 1.807) is 0 Å². The van der Waals surface area contributed by atoms with Crippen LogP contribution in [0.25, 0.3) is 0 Å². The van der Waals surface area contributed by atoms with Gasteiger partial charge in [-0.2, -0.15) is 0 Å². The molecule has 866 valence electrons. The van der Waals surface area contributed by atoms with Crippen molar-refractivity contribution in [2.45, 2.75) is 417 Å². The van der Waals surface area contributed by atoms with Crippen LogP contribution in [0.3, 0.4) is 0 Å². The van der Waals surface area contributed by atoms with Crippen molar-refractivity contribution in [1.82, 2.24) is 31.9 Å². The molecular weight excluding hydrogens is 2050 g/mol. The van der Waals surface area contributed by atoms with E-state index in [0.717, 1.165) is 41.5 Å². The third-order valence-electron chi connectivity index (χ3n) is 27.4. The largest absolute Gasteiger partial charge is 0.394 e. The van der Waals surface area contributed by atoms with Gasteiger partial charge in [-0.15, -0.1) is 0 Å². The van der Waals surface area contributed by atoms with Gasteiger partial charge >= 0.3 is 0 Å². The molecule has 0 aromatic rings. The summed E-state index contributed by atoms with van der Waals surface area (Å²) in [6.45, 7) is -7.02. The SMILES string of the molecule is CC(=O)N[C@H]1[C@H](O[C@H]2[C@H](O)[C@@H](NC(C)=O)C(O)O[C@@H]2CO[C@@H]2O[C@@H](C)[C@@H](O)[C@@H](O)[C@@H]2O)O[C@H](CO)[C@@H](O[C@@H]2O[C@H](CO[C@H]3O[C@H](CO)[C@@H](O)[C@H](O)[C@@H]3O[C@@H]3O[C@H](CO)[C@@H](O)[C@H](O)[C@H]3NC(C)=O)[C@@H](O[C@@H]3O[C@H](CO)[C@@H](O)[C@H](O)[C@H]3NC(C)=O)[C@H](O[C@H]3O[C@H](CO)[C@@H](O[C@@H]4O[C@H](CO)[C@@H](O[C@@H]5O[C@H](CO)[C@H](O)[C@H](O)[C@H]5O)[C@H](O)[C@H]4NC(C)=O)[C@H](O)[C@@H]3O[C@@H]3O[C@H](CO)[C@@H](O[C@@H]4O[C@H](CO)[C@H](O)[C@H](O)[C@H]4O)[C@H](O)[C@H]3NC(C)=O)[C@@H]2O)[C@@H]1O. The summed E-state index contributed by atoms with van der Waals surface area (Å²) >= 11 is 0. The number of nitrogens with one attached hydrogen (secondary N) is 6. The zero-order valence-electron chi connectivity index (χ0n) is 81.1. The van der Waals surface area contributed by atoms with E-state index in [-0.39, 0.29) is 0 Å². The first-order valence-electron chi connectivity index (χ1n) is 48.0. The van der Waals surface area contributed by atoms with Gasteiger partial charge < -0.3 is 299 Å². The fourth-order valence-electron chi connectivity index (χ4n) is 19.6. The van der Waals surface area contributed by atoms with E-state index in [4.69, 9.17) is 109 Å². The Morgan fingerprint density at radius 2 is 0.413 bits per heavy atom. The predicted molar refractivity (Wildman–Crippen MR) is 463 cm³/mol. The number of ether oxygens (including phenoxy) is 23. The predicted octanol–water partition coefficient (Wildman–Crippen LogP) is -25.3. The fraction of sp³-hybridized carbons (Fsp3) is 0.929. The maximum Gasteiger partial charge on any atom is 0.217 e. The highest BCUT2D eigenvalue weighted by molar-refractivity contribution is 5.75. The van der Waals surface area contributed by atoms with Crippen molar-refractivity contribution >= 4 is 35.4 Å². The van der Waals surface area contributed by atoms with E-state index in [1.807, 2.05) is 0 Å². The number of hydrogen-bond donors (Lipinski definition) is 37. The molecule has 37 N–H and O–H groups in total. The van der Waals surface area contributed by atoms with Crippen LogP contribution in [0.2, 0.25) is 0 Å². The minimum absolute atomic E-state index is 0.837. The number of carbonyl (C=O) groups excluding carboxylic acids is 6. The van der Waals surface area contributed by atoms with Crippen LogP contribution in [0.5, 0.6) is 0 Å². The Balaban J connectivity index is 1.01. The zero-order chi connectivity index (χ0) is 110. The maximum atomic E-state index is 13.8. The number of amides is 6. The molecule has 12 aliphatic heterocycles. The molecule has 6 amide bonds. The Hall–Kier alpha value is -5.34. The Morgan fingerprint density at radius 1 is 0.187 bits per heavy atom. The van der Waals surface area contributed by atoms with Gasteiger partial charge in [-0.05, 0) is 6.92 Å². The van der Waals surface area contributed by atoms with Crippen LogP contribution in [0.1, 0.15) is 48.5 Å². The molecule has 0 spiro atoms. The summed E-state index contributed by atoms with van der Waals surface area (Å²) in [4.78, 5) is 79.7. The first-order chi connectivity index (χ1) is 70.9. The second kappa shape index (κ2) is 54.0. The molecular formula is C84H140N6O60. The molecule has 12 rings (SSSR count). The van der Waals surface area contributed by atoms with Crippen LogP contribution in [-0.2, 0) is 138 Å². The van der Waals surface area contributed by atoms with E-state index in [0.29, 0.717) is 0 Å². The lowest BCUT2D eigenvalue weighted by molar-refractivity contribution is -0.414. The minimum Gasteiger partial charge on any atom is -0.394 e. The lowest BCUT2D eigenvalue weighted by Crippen LogP contribution is -2.72. The van der Waals surface area contributed by atoms with Crippen molar-refractivity contribution in [3.8, 4) is 0 Å². The second-order valence-corrected chi connectivity index (χ2v) is 38.1. The van der Waals surface area contributed by atoms with Gasteiger partial charge in [0.25, 0.3) is 0 Å². The summed E-state index contributed by atoms with van der Waals surface area (Å²) < 4.78 is 142. The van der Waals surface area contributed by atoms with Crippen molar-refractivity contribution in [3.05, 3.63) is 0 Å². The molecule has 0 aromatic carbocycles. The van der Waals surface area contributed by atoms with Crippen LogP contribution in [0.4, 0.5) is 0 Å². The molecule has 12 heterocycles. The van der Waals surface area contributed by atoms with E-state index < -0.39 is 476 Å². The number of aliphatic hydroxyl groups is 31. The third kappa shape index (κ3) is 27.5. The molecule has 12 aliphatic rings. The molecule has 150 heavy (non-hydrogen) atoms. The van der Waals surface area contributed by atoms with Gasteiger partial charge in [-0.1, -0.05) is 0 Å². The fourth-order valence-corrected chi connectivity index (χ4v) is 19.6. The van der Waals surface area contributed by atoms with E-state index in [9.17, 15) is 187 Å². The highest BCUT2D eigenvalue weighted by atomic mass is 16.8. The summed E-state index contributed by atoms with van der Waals surface area (Å²) in [6, 6.07) is -12.5. The average molecular weight is 2190 g/mol. The van der Waals surface area contributed by atoms with Crippen molar-refractivity contribution in [1.29, 1.82) is 0 Å². The Morgan fingerprint density at radius 3 is 0.773 bits per heavy atom. The van der Waals surface area contributed by atoms with E-state index >= 15 is 0 Å². The number of carbonyl (C=O) groups is 6. The van der Waals surface area contributed by atoms with Crippen LogP contribution in [0, 0.1) is 0 Å². The van der Waals surface area contributed by atoms with Crippen LogP contribution < -0.4 is 31.9 Å². The molecule has 60 atom stereocenters. The van der Waals surface area contributed by atoms with Gasteiger partial charge in [0.1, 0.15) is 287 Å². The van der Waals surface area contributed by atoms with Gasteiger partial charge in [0.05, 0.1) is 78.8 Å². The first-order valence-corrected chi connectivity index (χ1v) is 48.0. The molecule has 1 unspecified atom stereocenters. The topological polar surface area (TPSA) is 1010 Å². The monoisotopic (exact) mass is 2190 g/mol. The molecule has 0 saturated carbocycles. The first kappa shape index (κ1) is 123. The minimum atomic E-state index is -2.96. The number of aliphatic hydroxyl groups excluding tert-OH is 31. The van der Waals surface area contributed by atoms with E-state index in [1.165, 1.54) is 6.92 Å². The van der Waals surface area contributed by atoms with Gasteiger partial charge in [-0.25, -0.2) is 0 Å². The summed E-state index contributed by atoms with van der Waals surface area (Å²) in [7, 11) is 0. The molecule has 0 aliphatic carbocycles. The standard InChI is InChI=1S/C84H140N6O60/c1-19-43(106)55(118)59(122)79(130-19)128-17-35-68(51(114)37(73(127)131-35)85-20(2)100)143-77-41(89-24(6)104)53(116)66(33(15-98)138-77)146-82-63(126)70(69(147-74-38(86-21(3)101)49(112)44(107)26(8-91)132-74)36(141-82)18-129-83-71(58(121)48(111)30(12-95)136-83)149-75-39(87-22(4)102)50(113)45(108)27(9-92)133-75)148-84-72(150-78-42(90-25(7)105)54(117)65(32(14-97)139-78)145-81-61(124)57(120)47(110)29(11-94)135-81)62(125)67(34(16-99)140-84)142-76-40(88-23(5)103)52(115)64(31(13-96)137-76)144-80-60(123)56(119)46(109)28(10-93)134-80/h19,26-84,91-99,106-127H,8-18H2,1-7H3,(H,85,100)(H,86,101)(H,87,102)(H,88,103)(H,89,104)(H,90,105)/t19-,26+,27+,28+,29+,30+,31+,32+,33+,34+,35+,36+,37+,38+,39+,40+,41+,42+,43+,44+,45+,46-,47-,48+,49+,50+,51+,52+,53+,54+,55+,56-,57-,58-,59-,60+,61+,62-,63-,64+,65+,66+,67+,68+,69+,70+,71-,72-,73?,74-,75-,76-,77-,78-,79+,80-,81-,82-,83-,84+/m0/s1. The normalized spacial score (nSPS) is 48.8. The van der Waals surface area contributed by atoms with Crippen molar-refractivity contribution in [3.63, 3.8) is 0 Å². The van der Waals surface area contributed by atoms with Crippen molar-refractivity contribution in [2.75, 3.05) is 72.7 Å². The summed E-state index contributed by atoms with van der Waals surface area (Å²) in [6.07, 6.45) is -121. The number of rotatable bonds is 39. The summed E-state index contributed by atoms with van der Waals surface area (Å²) in [5, 5.41) is 369. The number of hydrogen-bond acceptors (Lipinski definition) is 60. The lowest BCUT2D eigenvalue weighted by Gasteiger charge is -2.53. The van der Waals surface area contributed by atoms with Crippen LogP contribution in [-0.4, -0.2) is 635 Å². The quantitative estimate of drug-likeness (QED) is 0.0272. The summed E-state index contributed by atoms with van der Waals surface area (Å²) in [5.41, 5.74) is 0. The van der Waals surface area contributed by atoms with Gasteiger partial charge in [0, 0.05) is 41.5 Å². The summed E-state index contributed by atoms with van der Waals surface area (Å²) in [5.74, 6) is -6.20. The Bertz CT molecular complexity index is 4250. The van der Waals surface area contributed by atoms with Crippen LogP contribution >= 0.6 is 0 Å². The second-order valence-electron chi connectivity index (χ2n) is 38.1. The van der Waals surface area contributed by atoms with E-state index in [2.05, 4.69) is 31.9 Å².